The Balaban J connectivity index is 1.29. The molecule has 0 saturated carbocycles. The lowest BCUT2D eigenvalue weighted by atomic mass is 10.1. The Labute approximate surface area is 208 Å². The monoisotopic (exact) mass is 480 g/mol. The van der Waals surface area contributed by atoms with Crippen LogP contribution in [0.4, 0.5) is 0 Å². The number of amides is 1. The first-order chi connectivity index (χ1) is 17.6. The van der Waals surface area contributed by atoms with Crippen LogP contribution >= 0.6 is 0 Å². The molecule has 0 bridgehead atoms. The molecule has 0 aromatic heterocycles. The number of carbonyl (C=O) groups excluding carboxylic acids is 2. The van der Waals surface area contributed by atoms with Crippen LogP contribution < -0.4 is 19.6 Å². The van der Waals surface area contributed by atoms with Crippen molar-refractivity contribution in [3.8, 4) is 17.2 Å². The van der Waals surface area contributed by atoms with Crippen molar-refractivity contribution in [3.63, 3.8) is 0 Å². The molecule has 0 aliphatic carbocycles. The van der Waals surface area contributed by atoms with Gasteiger partial charge in [0.15, 0.2) is 18.1 Å². The summed E-state index contributed by atoms with van der Waals surface area (Å²) in [4.78, 5) is 24.3. The van der Waals surface area contributed by atoms with Gasteiger partial charge in [0, 0.05) is 6.08 Å². The van der Waals surface area contributed by atoms with Gasteiger partial charge in [-0.1, -0.05) is 60.7 Å². The molecule has 0 spiro atoms. The molecule has 0 aliphatic rings. The summed E-state index contributed by atoms with van der Waals surface area (Å²) in [5, 5.41) is 6.08. The fraction of sp³-hybridized carbons (Fsp3) is 0.0690. The van der Waals surface area contributed by atoms with E-state index < -0.39 is 11.9 Å². The number of hydrazone groups is 1. The molecule has 0 saturated heterocycles. The lowest BCUT2D eigenvalue weighted by Crippen LogP contribution is -2.24. The van der Waals surface area contributed by atoms with Crippen LogP contribution in [0.2, 0.25) is 0 Å². The third kappa shape index (κ3) is 6.80. The van der Waals surface area contributed by atoms with Crippen LogP contribution in [0.15, 0.2) is 102 Å². The van der Waals surface area contributed by atoms with Gasteiger partial charge in [-0.25, -0.2) is 10.2 Å². The van der Waals surface area contributed by atoms with Gasteiger partial charge in [-0.3, -0.25) is 4.79 Å². The number of rotatable bonds is 9. The molecule has 1 N–H and O–H groups in total. The fourth-order valence-corrected chi connectivity index (χ4v) is 3.34. The number of hydrogen-bond acceptors (Lipinski definition) is 6. The predicted molar refractivity (Wildman–Crippen MR) is 139 cm³/mol. The Morgan fingerprint density at radius 2 is 1.61 bits per heavy atom. The molecular weight excluding hydrogens is 456 g/mol. The lowest BCUT2D eigenvalue weighted by molar-refractivity contribution is -0.129. The summed E-state index contributed by atoms with van der Waals surface area (Å²) in [5.74, 6) is 0.289. The van der Waals surface area contributed by atoms with Gasteiger partial charge in [0.25, 0.3) is 5.91 Å². The molecule has 0 unspecified atom stereocenters. The average Bonchev–Trinajstić information content (AvgIpc) is 2.92. The molecule has 0 aliphatic heterocycles. The maximum atomic E-state index is 12.2. The molecule has 4 aromatic carbocycles. The number of nitrogens with zero attached hydrogens (tertiary/aromatic N) is 1. The van der Waals surface area contributed by atoms with Crippen molar-refractivity contribution in [2.24, 2.45) is 5.10 Å². The summed E-state index contributed by atoms with van der Waals surface area (Å²) in [7, 11) is 1.47. The molecule has 0 fully saturated rings. The Morgan fingerprint density at radius 1 is 0.833 bits per heavy atom. The van der Waals surface area contributed by atoms with Crippen LogP contribution in [0.3, 0.4) is 0 Å². The van der Waals surface area contributed by atoms with Gasteiger partial charge >= 0.3 is 5.97 Å². The second kappa shape index (κ2) is 12.0. The van der Waals surface area contributed by atoms with Crippen molar-refractivity contribution < 1.29 is 23.8 Å². The molecule has 7 heteroatoms. The Morgan fingerprint density at radius 3 is 2.42 bits per heavy atom. The molecule has 36 heavy (non-hydrogen) atoms. The first-order valence-corrected chi connectivity index (χ1v) is 11.2. The largest absolute Gasteiger partial charge is 0.493 e. The summed E-state index contributed by atoms with van der Waals surface area (Å²) in [6, 6.07) is 27.9. The lowest BCUT2D eigenvalue weighted by Gasteiger charge is -2.08. The molecule has 4 aromatic rings. The van der Waals surface area contributed by atoms with Gasteiger partial charge in [-0.2, -0.15) is 5.10 Å². The predicted octanol–water partition coefficient (Wildman–Crippen LogP) is 5.00. The minimum atomic E-state index is -0.530. The van der Waals surface area contributed by atoms with Gasteiger partial charge in [0.05, 0.1) is 13.3 Å². The quantitative estimate of drug-likeness (QED) is 0.120. The number of nitrogens with one attached hydrogen (secondary N) is 1. The molecule has 4 rings (SSSR count). The van der Waals surface area contributed by atoms with E-state index in [0.717, 1.165) is 16.3 Å². The van der Waals surface area contributed by atoms with Crippen molar-refractivity contribution in [1.82, 2.24) is 5.43 Å². The normalized spacial score (nSPS) is 11.0. The summed E-state index contributed by atoms with van der Waals surface area (Å²) in [6.07, 6.45) is 4.47. The van der Waals surface area contributed by atoms with Crippen molar-refractivity contribution in [2.45, 2.75) is 0 Å². The van der Waals surface area contributed by atoms with Gasteiger partial charge in [0.1, 0.15) is 5.75 Å². The van der Waals surface area contributed by atoms with E-state index >= 15 is 0 Å². The third-order valence-corrected chi connectivity index (χ3v) is 5.10. The number of fused-ring (bicyclic) bond motifs is 1. The van der Waals surface area contributed by atoms with Crippen LogP contribution in [0.5, 0.6) is 17.2 Å². The Bertz CT molecular complexity index is 1410. The van der Waals surface area contributed by atoms with E-state index in [9.17, 15) is 9.59 Å². The summed E-state index contributed by atoms with van der Waals surface area (Å²) >= 11 is 0. The van der Waals surface area contributed by atoms with Crippen molar-refractivity contribution in [3.05, 3.63) is 108 Å². The number of benzene rings is 4. The van der Waals surface area contributed by atoms with E-state index in [1.165, 1.54) is 19.4 Å². The van der Waals surface area contributed by atoms with Crippen LogP contribution in [0.1, 0.15) is 11.1 Å². The number of methoxy groups -OCH3 is 1. The zero-order valence-corrected chi connectivity index (χ0v) is 19.6. The van der Waals surface area contributed by atoms with Crippen molar-refractivity contribution in [1.29, 1.82) is 0 Å². The molecule has 0 atom stereocenters. The number of carbonyl (C=O) groups is 2. The SMILES string of the molecule is COc1cc(/C=N/NC(=O)COc2ccc3ccccc3c2)ccc1OC(=O)/C=C/c1ccccc1. The molecule has 7 nitrogen and oxygen atoms in total. The number of ether oxygens (including phenoxy) is 3. The molecule has 0 radical (unpaired) electrons. The highest BCUT2D eigenvalue weighted by molar-refractivity contribution is 5.89. The summed E-state index contributed by atoms with van der Waals surface area (Å²) < 4.78 is 16.3. The summed E-state index contributed by atoms with van der Waals surface area (Å²) in [5.41, 5.74) is 3.95. The van der Waals surface area contributed by atoms with Gasteiger partial charge in [0.2, 0.25) is 0 Å². The first-order valence-electron chi connectivity index (χ1n) is 11.2. The smallest absolute Gasteiger partial charge is 0.336 e. The topological polar surface area (TPSA) is 86.2 Å². The first kappa shape index (κ1) is 24.2. The van der Waals surface area contributed by atoms with Crippen LogP contribution in [-0.2, 0) is 9.59 Å². The number of esters is 1. The minimum Gasteiger partial charge on any atom is -0.493 e. The number of hydrogen-bond donors (Lipinski definition) is 1. The fourth-order valence-electron chi connectivity index (χ4n) is 3.34. The molecule has 180 valence electrons. The highest BCUT2D eigenvalue weighted by atomic mass is 16.6. The maximum absolute atomic E-state index is 12.2. The average molecular weight is 481 g/mol. The zero-order valence-electron chi connectivity index (χ0n) is 19.6. The molecule has 1 amide bonds. The second-order valence-corrected chi connectivity index (χ2v) is 7.67. The van der Waals surface area contributed by atoms with E-state index in [0.29, 0.717) is 17.1 Å². The highest BCUT2D eigenvalue weighted by Crippen LogP contribution is 2.28. The zero-order chi connectivity index (χ0) is 25.2. The third-order valence-electron chi connectivity index (χ3n) is 5.10. The Kier molecular flexibility index (Phi) is 8.07. The van der Waals surface area contributed by atoms with E-state index in [2.05, 4.69) is 10.5 Å². The second-order valence-electron chi connectivity index (χ2n) is 7.67. The van der Waals surface area contributed by atoms with E-state index in [1.807, 2.05) is 72.8 Å². The van der Waals surface area contributed by atoms with Crippen LogP contribution in [0.25, 0.3) is 16.8 Å². The summed E-state index contributed by atoms with van der Waals surface area (Å²) in [6.45, 7) is -0.176. The maximum Gasteiger partial charge on any atom is 0.336 e. The molecular formula is C29H24N2O5. The highest BCUT2D eigenvalue weighted by Gasteiger charge is 2.09. The molecule has 0 heterocycles. The van der Waals surface area contributed by atoms with Crippen LogP contribution in [-0.4, -0.2) is 31.8 Å². The van der Waals surface area contributed by atoms with E-state index in [1.54, 1.807) is 24.3 Å². The van der Waals surface area contributed by atoms with Crippen LogP contribution in [0, 0.1) is 0 Å². The van der Waals surface area contributed by atoms with Gasteiger partial charge in [-0.05, 0) is 58.3 Å². The van der Waals surface area contributed by atoms with Crippen molar-refractivity contribution >= 4 is 34.9 Å². The minimum absolute atomic E-state index is 0.176. The standard InChI is InChI=1S/C29H24N2O5/c1-34-27-17-22(11-15-26(27)36-29(33)16-12-21-7-3-2-4-8-21)19-30-31-28(32)20-35-25-14-13-23-9-5-6-10-24(23)18-25/h2-19H,20H2,1H3,(H,31,32)/b16-12+,30-19+. The van der Waals surface area contributed by atoms with Gasteiger partial charge < -0.3 is 14.2 Å². The van der Waals surface area contributed by atoms with E-state index in [-0.39, 0.29) is 12.4 Å². The Hall–Kier alpha value is -4.91. The van der Waals surface area contributed by atoms with E-state index in [4.69, 9.17) is 14.2 Å². The van der Waals surface area contributed by atoms with Gasteiger partial charge in [-0.15, -0.1) is 0 Å². The van der Waals surface area contributed by atoms with Crippen molar-refractivity contribution in [2.75, 3.05) is 13.7 Å².